The molecule has 2 atom stereocenters. The predicted molar refractivity (Wildman–Crippen MR) is 75.8 cm³/mol. The maximum atomic E-state index is 12.4. The van der Waals surface area contributed by atoms with Gasteiger partial charge in [0, 0.05) is 32.6 Å². The third-order valence-electron chi connectivity index (χ3n) is 4.30. The normalized spacial score (nSPS) is 26.0. The van der Waals surface area contributed by atoms with Gasteiger partial charge in [0.15, 0.2) is 0 Å². The topological polar surface area (TPSA) is 90.0 Å². The predicted octanol–water partition coefficient (Wildman–Crippen LogP) is 0.646. The number of nitrogens with one attached hydrogen (secondary N) is 1. The molecule has 7 heteroatoms. The number of hydrogen-bond acceptors (Lipinski definition) is 3. The van der Waals surface area contributed by atoms with Crippen molar-refractivity contribution < 1.29 is 19.5 Å². The Bertz CT molecular complexity index is 426. The fourth-order valence-corrected chi connectivity index (χ4v) is 3.05. The van der Waals surface area contributed by atoms with Crippen molar-refractivity contribution in [3.05, 3.63) is 0 Å². The number of carbonyl (C=O) groups excluding carboxylic acids is 2. The van der Waals surface area contributed by atoms with Gasteiger partial charge in [0.05, 0.1) is 0 Å². The van der Waals surface area contributed by atoms with Crippen molar-refractivity contribution in [1.29, 1.82) is 0 Å². The van der Waals surface area contributed by atoms with Crippen molar-refractivity contribution in [2.75, 3.05) is 20.1 Å². The van der Waals surface area contributed by atoms with Crippen LogP contribution < -0.4 is 5.32 Å². The molecule has 2 fully saturated rings. The van der Waals surface area contributed by atoms with Crippen LogP contribution in [0.2, 0.25) is 0 Å². The summed E-state index contributed by atoms with van der Waals surface area (Å²) in [6, 6.07) is -0.715. The van der Waals surface area contributed by atoms with Crippen LogP contribution in [0.25, 0.3) is 0 Å². The molecule has 0 saturated carbocycles. The fraction of sp³-hybridized carbons (Fsp3) is 0.786. The van der Waals surface area contributed by atoms with Crippen LogP contribution >= 0.6 is 0 Å². The van der Waals surface area contributed by atoms with Gasteiger partial charge in [-0.05, 0) is 32.1 Å². The molecule has 0 spiro atoms. The number of nitrogens with zero attached hydrogens (tertiary/aromatic N) is 2. The smallest absolute Gasteiger partial charge is 0.318 e. The summed E-state index contributed by atoms with van der Waals surface area (Å²) < 4.78 is 0. The second kappa shape index (κ2) is 6.78. The summed E-state index contributed by atoms with van der Waals surface area (Å²) in [7, 11) is 1.73. The molecular formula is C14H23N3O4. The summed E-state index contributed by atoms with van der Waals surface area (Å²) in [5.41, 5.74) is 0. The zero-order chi connectivity index (χ0) is 15.4. The molecule has 0 bridgehead atoms. The molecule has 0 aliphatic carbocycles. The van der Waals surface area contributed by atoms with Crippen LogP contribution in [0.5, 0.6) is 0 Å². The molecule has 2 aliphatic rings. The van der Waals surface area contributed by atoms with E-state index < -0.39 is 12.0 Å². The Hall–Kier alpha value is -1.79. The molecule has 2 unspecified atom stereocenters. The molecule has 21 heavy (non-hydrogen) atoms. The van der Waals surface area contributed by atoms with Gasteiger partial charge in [-0.3, -0.25) is 9.59 Å². The number of amides is 3. The van der Waals surface area contributed by atoms with E-state index in [2.05, 4.69) is 5.32 Å². The Labute approximate surface area is 124 Å². The van der Waals surface area contributed by atoms with E-state index in [9.17, 15) is 14.4 Å². The van der Waals surface area contributed by atoms with Crippen molar-refractivity contribution >= 4 is 17.9 Å². The molecule has 2 aliphatic heterocycles. The van der Waals surface area contributed by atoms with E-state index in [1.54, 1.807) is 16.8 Å². The second-order valence-corrected chi connectivity index (χ2v) is 5.83. The lowest BCUT2D eigenvalue weighted by molar-refractivity contribution is -0.137. The first-order chi connectivity index (χ1) is 9.99. The number of carboxylic acid groups (broad SMARTS) is 1. The highest BCUT2D eigenvalue weighted by atomic mass is 16.4. The van der Waals surface area contributed by atoms with Crippen LogP contribution in [-0.2, 0) is 9.59 Å². The number of urea groups is 1. The minimum Gasteiger partial charge on any atom is -0.481 e. The van der Waals surface area contributed by atoms with Gasteiger partial charge in [0.2, 0.25) is 5.91 Å². The molecule has 2 heterocycles. The van der Waals surface area contributed by atoms with E-state index in [1.807, 2.05) is 0 Å². The summed E-state index contributed by atoms with van der Waals surface area (Å²) in [5, 5.41) is 11.6. The maximum absolute atomic E-state index is 12.4. The first-order valence-electron chi connectivity index (χ1n) is 7.53. The molecule has 0 aromatic heterocycles. The van der Waals surface area contributed by atoms with Crippen molar-refractivity contribution in [3.63, 3.8) is 0 Å². The molecule has 7 nitrogen and oxygen atoms in total. The van der Waals surface area contributed by atoms with Crippen LogP contribution in [-0.4, -0.2) is 65.0 Å². The van der Waals surface area contributed by atoms with E-state index in [0.29, 0.717) is 25.9 Å². The van der Waals surface area contributed by atoms with Gasteiger partial charge < -0.3 is 20.2 Å². The summed E-state index contributed by atoms with van der Waals surface area (Å²) >= 11 is 0. The quantitative estimate of drug-likeness (QED) is 0.797. The molecule has 2 N–H and O–H groups in total. The highest BCUT2D eigenvalue weighted by Gasteiger charge is 2.33. The highest BCUT2D eigenvalue weighted by molar-refractivity contribution is 5.88. The highest BCUT2D eigenvalue weighted by Crippen LogP contribution is 2.21. The summed E-state index contributed by atoms with van der Waals surface area (Å²) in [4.78, 5) is 38.2. The van der Waals surface area contributed by atoms with Gasteiger partial charge >= 0.3 is 12.0 Å². The zero-order valence-electron chi connectivity index (χ0n) is 12.4. The Morgan fingerprint density at radius 2 is 2.05 bits per heavy atom. The summed E-state index contributed by atoms with van der Waals surface area (Å²) in [6.45, 7) is 1.29. The molecule has 3 amide bonds. The summed E-state index contributed by atoms with van der Waals surface area (Å²) in [6.07, 6.45) is 3.95. The number of hydrogen-bond donors (Lipinski definition) is 2. The number of likely N-dealkylation sites (N-methyl/N-ethyl adjacent to an activating group) is 1. The van der Waals surface area contributed by atoms with Gasteiger partial charge in [-0.2, -0.15) is 0 Å². The van der Waals surface area contributed by atoms with Crippen molar-refractivity contribution in [1.82, 2.24) is 15.1 Å². The number of carbonyl (C=O) groups is 3. The lowest BCUT2D eigenvalue weighted by atomic mass is 9.98. The largest absolute Gasteiger partial charge is 0.481 e. The second-order valence-electron chi connectivity index (χ2n) is 5.83. The average molecular weight is 297 g/mol. The average Bonchev–Trinajstić information content (AvgIpc) is 2.77. The van der Waals surface area contributed by atoms with Gasteiger partial charge in [-0.1, -0.05) is 0 Å². The molecule has 2 saturated heterocycles. The Morgan fingerprint density at radius 1 is 1.29 bits per heavy atom. The number of likely N-dealkylation sites (tertiary alicyclic amines) is 2. The number of aliphatic carboxylic acids is 1. The molecule has 0 aromatic rings. The van der Waals surface area contributed by atoms with Crippen molar-refractivity contribution in [2.24, 2.45) is 0 Å². The minimum atomic E-state index is -0.839. The van der Waals surface area contributed by atoms with Crippen molar-refractivity contribution in [3.8, 4) is 0 Å². The van der Waals surface area contributed by atoms with Gasteiger partial charge in [0.25, 0.3) is 0 Å². The maximum Gasteiger partial charge on any atom is 0.318 e. The minimum absolute atomic E-state index is 0.0379. The Morgan fingerprint density at radius 3 is 2.67 bits per heavy atom. The van der Waals surface area contributed by atoms with Crippen LogP contribution in [0.3, 0.4) is 0 Å². The zero-order valence-corrected chi connectivity index (χ0v) is 12.4. The number of rotatable bonds is 4. The Balaban J connectivity index is 1.92. The van der Waals surface area contributed by atoms with Gasteiger partial charge in [-0.25, -0.2) is 4.79 Å². The number of carboxylic acids is 1. The Kier molecular flexibility index (Phi) is 5.03. The lowest BCUT2D eigenvalue weighted by Gasteiger charge is -2.36. The number of piperidine rings is 1. The van der Waals surface area contributed by atoms with Gasteiger partial charge in [0.1, 0.15) is 6.04 Å². The monoisotopic (exact) mass is 297 g/mol. The van der Waals surface area contributed by atoms with Crippen LogP contribution in [0.15, 0.2) is 0 Å². The lowest BCUT2D eigenvalue weighted by Crippen LogP contribution is -2.52. The van der Waals surface area contributed by atoms with Crippen LogP contribution in [0.1, 0.15) is 38.5 Å². The molecule has 2 rings (SSSR count). The third kappa shape index (κ3) is 3.86. The molecular weight excluding hydrogens is 274 g/mol. The van der Waals surface area contributed by atoms with Gasteiger partial charge in [-0.15, -0.1) is 0 Å². The molecule has 0 radical (unpaired) electrons. The van der Waals surface area contributed by atoms with E-state index in [-0.39, 0.29) is 24.4 Å². The first kappa shape index (κ1) is 15.6. The van der Waals surface area contributed by atoms with Crippen LogP contribution in [0, 0.1) is 0 Å². The SMILES string of the molecule is CN1CCC(NC(=O)N2CCCCC2CCC(=O)O)C1=O. The van der Waals surface area contributed by atoms with E-state index >= 15 is 0 Å². The van der Waals surface area contributed by atoms with Crippen LogP contribution in [0.4, 0.5) is 4.79 Å². The van der Waals surface area contributed by atoms with E-state index in [1.165, 1.54) is 0 Å². The third-order valence-corrected chi connectivity index (χ3v) is 4.30. The summed E-state index contributed by atoms with van der Waals surface area (Å²) in [5.74, 6) is -0.893. The first-order valence-corrected chi connectivity index (χ1v) is 7.53. The fourth-order valence-electron chi connectivity index (χ4n) is 3.05. The molecule has 118 valence electrons. The van der Waals surface area contributed by atoms with E-state index in [0.717, 1.165) is 19.3 Å². The van der Waals surface area contributed by atoms with Crippen molar-refractivity contribution in [2.45, 2.75) is 50.6 Å². The standard InChI is InChI=1S/C14H23N3O4/c1-16-9-7-11(13(16)20)15-14(21)17-8-3-2-4-10(17)5-6-12(18)19/h10-11H,2-9H2,1H3,(H,15,21)(H,18,19). The molecule has 0 aromatic carbocycles. The van der Waals surface area contributed by atoms with E-state index in [4.69, 9.17) is 5.11 Å².